The van der Waals surface area contributed by atoms with Crippen molar-refractivity contribution in [2.45, 2.75) is 19.4 Å². The van der Waals surface area contributed by atoms with Gasteiger partial charge in [-0.25, -0.2) is 0 Å². The predicted octanol–water partition coefficient (Wildman–Crippen LogP) is 2.21. The van der Waals surface area contributed by atoms with Gasteiger partial charge in [-0.1, -0.05) is 12.1 Å². The van der Waals surface area contributed by atoms with Crippen molar-refractivity contribution < 1.29 is 28.6 Å². The molecule has 1 saturated heterocycles. The lowest BCUT2D eigenvalue weighted by Gasteiger charge is -2.26. The lowest BCUT2D eigenvalue weighted by atomic mass is 10.1. The molecular formula is C24H26N2O6. The number of hydrogen-bond acceptors (Lipinski definition) is 6. The lowest BCUT2D eigenvalue weighted by Crippen LogP contribution is -2.40. The molecule has 1 fully saturated rings. The molecule has 0 aliphatic carbocycles. The van der Waals surface area contributed by atoms with Gasteiger partial charge in [0, 0.05) is 43.6 Å². The highest BCUT2D eigenvalue weighted by Gasteiger charge is 2.18. The van der Waals surface area contributed by atoms with Crippen molar-refractivity contribution in [2.24, 2.45) is 0 Å². The quantitative estimate of drug-likeness (QED) is 0.666. The fraction of sp³-hybridized carbons (Fsp3) is 0.375. The van der Waals surface area contributed by atoms with Gasteiger partial charge in [0.1, 0.15) is 13.2 Å². The van der Waals surface area contributed by atoms with E-state index in [2.05, 4.69) is 5.32 Å². The Balaban J connectivity index is 1.22. The second kappa shape index (κ2) is 10.3. The molecule has 8 nitrogen and oxygen atoms in total. The van der Waals surface area contributed by atoms with E-state index < -0.39 is 0 Å². The molecule has 0 bridgehead atoms. The number of hydrogen-bond donors (Lipinski definition) is 1. The van der Waals surface area contributed by atoms with Gasteiger partial charge >= 0.3 is 0 Å². The summed E-state index contributed by atoms with van der Waals surface area (Å²) in [5.41, 5.74) is 2.00. The van der Waals surface area contributed by atoms with Crippen LogP contribution in [0.3, 0.4) is 0 Å². The molecule has 168 valence electrons. The number of rotatable bonds is 7. The van der Waals surface area contributed by atoms with Crippen molar-refractivity contribution in [1.82, 2.24) is 10.2 Å². The zero-order chi connectivity index (χ0) is 22.3. The third kappa shape index (κ3) is 5.45. The molecule has 4 rings (SSSR count). The van der Waals surface area contributed by atoms with Crippen molar-refractivity contribution >= 4 is 17.6 Å². The number of carbonyl (C=O) groups excluding carboxylic acids is 3. The zero-order valence-electron chi connectivity index (χ0n) is 17.8. The van der Waals surface area contributed by atoms with Crippen LogP contribution >= 0.6 is 0 Å². The summed E-state index contributed by atoms with van der Waals surface area (Å²) in [6.45, 7) is 3.61. The summed E-state index contributed by atoms with van der Waals surface area (Å²) >= 11 is 0. The summed E-state index contributed by atoms with van der Waals surface area (Å²) < 4.78 is 16.2. The van der Waals surface area contributed by atoms with Crippen LogP contribution in [0.4, 0.5) is 0 Å². The first-order valence-corrected chi connectivity index (χ1v) is 10.8. The fourth-order valence-electron chi connectivity index (χ4n) is 3.59. The number of ether oxygens (including phenoxy) is 3. The van der Waals surface area contributed by atoms with E-state index in [9.17, 15) is 14.4 Å². The van der Waals surface area contributed by atoms with Gasteiger partial charge in [-0.2, -0.15) is 0 Å². The Labute approximate surface area is 186 Å². The number of fused-ring (bicyclic) bond motifs is 1. The first-order chi connectivity index (χ1) is 15.6. The molecule has 0 aromatic heterocycles. The Kier molecular flexibility index (Phi) is 7.01. The minimum Gasteiger partial charge on any atom is -0.486 e. The topological polar surface area (TPSA) is 94.2 Å². The van der Waals surface area contributed by atoms with Crippen molar-refractivity contribution in [3.05, 3.63) is 59.2 Å². The third-order valence-corrected chi connectivity index (χ3v) is 5.43. The molecule has 32 heavy (non-hydrogen) atoms. The maximum atomic E-state index is 12.5. The third-order valence-electron chi connectivity index (χ3n) is 5.43. The van der Waals surface area contributed by atoms with Crippen LogP contribution in [0, 0.1) is 0 Å². The number of amides is 2. The maximum absolute atomic E-state index is 12.5. The molecule has 2 heterocycles. The van der Waals surface area contributed by atoms with E-state index in [-0.39, 0.29) is 30.4 Å². The van der Waals surface area contributed by atoms with Gasteiger partial charge in [-0.15, -0.1) is 0 Å². The van der Waals surface area contributed by atoms with Crippen LogP contribution in [-0.4, -0.2) is 62.0 Å². The smallest absolute Gasteiger partial charge is 0.254 e. The summed E-state index contributed by atoms with van der Waals surface area (Å²) in [7, 11) is 0. The standard InChI is InChI=1S/C24H26N2O6/c27-20(19-5-7-21-22(15-19)32-14-13-31-21)6-8-23(28)25-16-17-1-3-18(4-2-17)24(29)26-9-11-30-12-10-26/h1-5,7,15H,6,8-14,16H2,(H,25,28). The molecule has 0 spiro atoms. The Morgan fingerprint density at radius 2 is 1.50 bits per heavy atom. The SMILES string of the molecule is O=C(CCC(=O)c1ccc2c(c1)OCCO2)NCc1ccc(C(=O)N2CCOCC2)cc1. The van der Waals surface area contributed by atoms with Crippen molar-refractivity contribution in [2.75, 3.05) is 39.5 Å². The van der Waals surface area contributed by atoms with Crippen LogP contribution in [0.1, 0.15) is 39.1 Å². The summed E-state index contributed by atoms with van der Waals surface area (Å²) in [5.74, 6) is 0.847. The number of morpholine rings is 1. The van der Waals surface area contributed by atoms with Gasteiger partial charge in [0.15, 0.2) is 17.3 Å². The average Bonchev–Trinajstić information content (AvgIpc) is 2.86. The van der Waals surface area contributed by atoms with E-state index in [4.69, 9.17) is 14.2 Å². The van der Waals surface area contributed by atoms with Gasteiger partial charge in [0.05, 0.1) is 13.2 Å². The fourth-order valence-corrected chi connectivity index (χ4v) is 3.59. The Bertz CT molecular complexity index is 982. The van der Waals surface area contributed by atoms with Crippen LogP contribution in [0.25, 0.3) is 0 Å². The number of nitrogens with zero attached hydrogens (tertiary/aromatic N) is 1. The summed E-state index contributed by atoms with van der Waals surface area (Å²) in [6.07, 6.45) is 0.208. The predicted molar refractivity (Wildman–Crippen MR) is 116 cm³/mol. The van der Waals surface area contributed by atoms with Crippen molar-refractivity contribution in [3.8, 4) is 11.5 Å². The Morgan fingerprint density at radius 1 is 0.812 bits per heavy atom. The van der Waals surface area contributed by atoms with Crippen LogP contribution in [0.5, 0.6) is 11.5 Å². The summed E-state index contributed by atoms with van der Waals surface area (Å²) in [6, 6.07) is 12.3. The van der Waals surface area contributed by atoms with E-state index >= 15 is 0 Å². The molecule has 8 heteroatoms. The molecule has 0 radical (unpaired) electrons. The molecule has 0 unspecified atom stereocenters. The van der Waals surface area contributed by atoms with Gasteiger partial charge in [-0.3, -0.25) is 14.4 Å². The zero-order valence-corrected chi connectivity index (χ0v) is 17.8. The van der Waals surface area contributed by atoms with Crippen LogP contribution in [0.2, 0.25) is 0 Å². The molecule has 0 atom stereocenters. The first kappa shape index (κ1) is 21.8. The van der Waals surface area contributed by atoms with Gasteiger partial charge < -0.3 is 24.4 Å². The van der Waals surface area contributed by atoms with Crippen LogP contribution < -0.4 is 14.8 Å². The van der Waals surface area contributed by atoms with E-state index in [1.807, 2.05) is 12.1 Å². The summed E-state index contributed by atoms with van der Waals surface area (Å²) in [5, 5.41) is 2.82. The monoisotopic (exact) mass is 438 g/mol. The average molecular weight is 438 g/mol. The molecule has 2 amide bonds. The first-order valence-electron chi connectivity index (χ1n) is 10.8. The van der Waals surface area contributed by atoms with Crippen molar-refractivity contribution in [3.63, 3.8) is 0 Å². The molecular weight excluding hydrogens is 412 g/mol. The molecule has 2 aromatic rings. The normalized spacial score (nSPS) is 15.2. The van der Waals surface area contributed by atoms with Gasteiger partial charge in [0.2, 0.25) is 5.91 Å². The molecule has 2 aromatic carbocycles. The van der Waals surface area contributed by atoms with Gasteiger partial charge in [0.25, 0.3) is 5.91 Å². The van der Waals surface area contributed by atoms with E-state index in [0.717, 1.165) is 5.56 Å². The molecule has 0 saturated carbocycles. The molecule has 1 N–H and O–H groups in total. The van der Waals surface area contributed by atoms with Gasteiger partial charge in [-0.05, 0) is 35.9 Å². The second-order valence-corrected chi connectivity index (χ2v) is 7.66. The largest absolute Gasteiger partial charge is 0.486 e. The van der Waals surface area contributed by atoms with Crippen LogP contribution in [0.15, 0.2) is 42.5 Å². The minimum atomic E-state index is -0.204. The lowest BCUT2D eigenvalue weighted by molar-refractivity contribution is -0.121. The molecule has 2 aliphatic rings. The van der Waals surface area contributed by atoms with E-state index in [1.165, 1.54) is 0 Å². The number of nitrogens with one attached hydrogen (secondary N) is 1. The van der Waals surface area contributed by atoms with Crippen LogP contribution in [-0.2, 0) is 16.1 Å². The number of carbonyl (C=O) groups is 3. The number of Topliss-reactive ketones (excluding diaryl/α,β-unsaturated/α-hetero) is 1. The van der Waals surface area contributed by atoms with E-state index in [1.54, 1.807) is 35.2 Å². The minimum absolute atomic E-state index is 0.0125. The molecule has 2 aliphatic heterocycles. The second-order valence-electron chi connectivity index (χ2n) is 7.66. The maximum Gasteiger partial charge on any atom is 0.254 e. The van der Waals surface area contributed by atoms with Crippen molar-refractivity contribution in [1.29, 1.82) is 0 Å². The highest BCUT2D eigenvalue weighted by atomic mass is 16.6. The highest BCUT2D eigenvalue weighted by molar-refractivity contribution is 5.98. The summed E-state index contributed by atoms with van der Waals surface area (Å²) in [4.78, 5) is 38.9. The van der Waals surface area contributed by atoms with E-state index in [0.29, 0.717) is 68.7 Å². The number of ketones is 1. The Morgan fingerprint density at radius 3 is 2.25 bits per heavy atom. The Hall–Kier alpha value is -3.39. The highest BCUT2D eigenvalue weighted by Crippen LogP contribution is 2.31. The number of benzene rings is 2.